The van der Waals surface area contributed by atoms with Crippen LogP contribution in [0.2, 0.25) is 0 Å². The highest BCUT2D eigenvalue weighted by molar-refractivity contribution is 7.09. The van der Waals surface area contributed by atoms with Crippen molar-refractivity contribution in [3.8, 4) is 0 Å². The molecule has 1 saturated heterocycles. The molecule has 0 aromatic carbocycles. The Hall–Kier alpha value is -0.680. The van der Waals surface area contributed by atoms with Gasteiger partial charge in [-0.15, -0.1) is 0 Å². The molecule has 4 nitrogen and oxygen atoms in total. The first-order valence-electron chi connectivity index (χ1n) is 4.61. The molecule has 1 aliphatic rings. The maximum atomic E-state index is 4.11. The lowest BCUT2D eigenvalue weighted by Gasteiger charge is -2.28. The minimum Gasteiger partial charge on any atom is -0.357 e. The summed E-state index contributed by atoms with van der Waals surface area (Å²) in [7, 11) is 0. The molecule has 0 radical (unpaired) electrons. The number of nitrogens with one attached hydrogen (secondary N) is 2. The van der Waals surface area contributed by atoms with E-state index < -0.39 is 0 Å². The Bertz CT molecular complexity index is 249. The molecule has 5 heteroatoms. The molecule has 2 rings (SSSR count). The SMILES string of the molecule is CC1CC(Nc2ncns2)CCN1. The highest BCUT2D eigenvalue weighted by atomic mass is 32.1. The number of nitrogens with zero attached hydrogens (tertiary/aromatic N) is 2. The van der Waals surface area contributed by atoms with E-state index >= 15 is 0 Å². The predicted octanol–water partition coefficient (Wildman–Crippen LogP) is 1.09. The monoisotopic (exact) mass is 198 g/mol. The Balaban J connectivity index is 1.87. The normalized spacial score (nSPS) is 28.7. The van der Waals surface area contributed by atoms with Crippen molar-refractivity contribution >= 4 is 16.7 Å². The average molecular weight is 198 g/mol. The Labute approximate surface area is 81.9 Å². The van der Waals surface area contributed by atoms with Gasteiger partial charge in [-0.05, 0) is 26.3 Å². The van der Waals surface area contributed by atoms with Gasteiger partial charge in [-0.3, -0.25) is 0 Å². The van der Waals surface area contributed by atoms with Crippen molar-refractivity contribution in [2.45, 2.75) is 31.8 Å². The van der Waals surface area contributed by atoms with Crippen molar-refractivity contribution in [3.05, 3.63) is 6.33 Å². The third-order valence-electron chi connectivity index (χ3n) is 2.31. The lowest BCUT2D eigenvalue weighted by molar-refractivity contribution is 0.396. The van der Waals surface area contributed by atoms with Crippen molar-refractivity contribution in [1.29, 1.82) is 0 Å². The smallest absolute Gasteiger partial charge is 0.202 e. The zero-order valence-corrected chi connectivity index (χ0v) is 8.47. The number of hydrogen-bond acceptors (Lipinski definition) is 5. The van der Waals surface area contributed by atoms with Crippen LogP contribution >= 0.6 is 11.5 Å². The summed E-state index contributed by atoms with van der Waals surface area (Å²) in [5.41, 5.74) is 0. The lowest BCUT2D eigenvalue weighted by atomic mass is 10.0. The molecule has 0 aliphatic carbocycles. The van der Waals surface area contributed by atoms with Gasteiger partial charge < -0.3 is 10.6 Å². The van der Waals surface area contributed by atoms with Gasteiger partial charge in [-0.2, -0.15) is 4.37 Å². The molecule has 1 aromatic heterocycles. The predicted molar refractivity (Wildman–Crippen MR) is 54.0 cm³/mol. The van der Waals surface area contributed by atoms with E-state index in [2.05, 4.69) is 26.9 Å². The van der Waals surface area contributed by atoms with Gasteiger partial charge in [0.05, 0.1) is 0 Å². The molecule has 13 heavy (non-hydrogen) atoms. The topological polar surface area (TPSA) is 49.8 Å². The molecule has 0 saturated carbocycles. The summed E-state index contributed by atoms with van der Waals surface area (Å²) >= 11 is 1.43. The van der Waals surface area contributed by atoms with Crippen molar-refractivity contribution in [2.24, 2.45) is 0 Å². The molecule has 2 unspecified atom stereocenters. The Morgan fingerprint density at radius 3 is 3.31 bits per heavy atom. The van der Waals surface area contributed by atoms with Gasteiger partial charge in [0.1, 0.15) is 6.33 Å². The molecule has 72 valence electrons. The van der Waals surface area contributed by atoms with Crippen LogP contribution in [-0.2, 0) is 0 Å². The first-order chi connectivity index (χ1) is 6.34. The van der Waals surface area contributed by atoms with E-state index in [0.717, 1.165) is 11.7 Å². The highest BCUT2D eigenvalue weighted by Crippen LogP contribution is 2.15. The Kier molecular flexibility index (Phi) is 2.75. The summed E-state index contributed by atoms with van der Waals surface area (Å²) in [6.07, 6.45) is 3.93. The first kappa shape index (κ1) is 8.90. The molecule has 1 fully saturated rings. The van der Waals surface area contributed by atoms with Crippen LogP contribution in [0.1, 0.15) is 19.8 Å². The molecular formula is C8H14N4S. The van der Waals surface area contributed by atoms with Crippen LogP contribution < -0.4 is 10.6 Å². The summed E-state index contributed by atoms with van der Waals surface area (Å²) in [6.45, 7) is 3.31. The van der Waals surface area contributed by atoms with Gasteiger partial charge >= 0.3 is 0 Å². The first-order valence-corrected chi connectivity index (χ1v) is 5.38. The summed E-state index contributed by atoms with van der Waals surface area (Å²) < 4.78 is 3.96. The van der Waals surface area contributed by atoms with Crippen molar-refractivity contribution in [2.75, 3.05) is 11.9 Å². The van der Waals surface area contributed by atoms with Crippen LogP contribution in [-0.4, -0.2) is 28.0 Å². The zero-order chi connectivity index (χ0) is 9.10. The van der Waals surface area contributed by atoms with Crippen molar-refractivity contribution in [1.82, 2.24) is 14.7 Å². The number of anilines is 1. The fourth-order valence-electron chi connectivity index (χ4n) is 1.67. The van der Waals surface area contributed by atoms with E-state index in [4.69, 9.17) is 0 Å². The second-order valence-corrected chi connectivity index (χ2v) is 4.25. The molecular weight excluding hydrogens is 184 g/mol. The van der Waals surface area contributed by atoms with Gasteiger partial charge in [-0.25, -0.2) is 4.98 Å². The number of piperidine rings is 1. The van der Waals surface area contributed by atoms with E-state index in [1.807, 2.05) is 0 Å². The summed E-state index contributed by atoms with van der Waals surface area (Å²) in [5.74, 6) is 0. The summed E-state index contributed by atoms with van der Waals surface area (Å²) in [6, 6.07) is 1.17. The maximum absolute atomic E-state index is 4.11. The minimum atomic E-state index is 0.559. The number of hydrogen-bond donors (Lipinski definition) is 2. The molecule has 2 atom stereocenters. The second-order valence-electron chi connectivity index (χ2n) is 3.47. The van der Waals surface area contributed by atoms with Crippen molar-refractivity contribution in [3.63, 3.8) is 0 Å². The van der Waals surface area contributed by atoms with Crippen LogP contribution in [0.4, 0.5) is 5.13 Å². The third kappa shape index (κ3) is 2.38. The number of rotatable bonds is 2. The van der Waals surface area contributed by atoms with Crippen LogP contribution in [0.15, 0.2) is 6.33 Å². The molecule has 2 heterocycles. The van der Waals surface area contributed by atoms with E-state index in [0.29, 0.717) is 12.1 Å². The van der Waals surface area contributed by atoms with Crippen LogP contribution in [0, 0.1) is 0 Å². The van der Waals surface area contributed by atoms with E-state index in [1.165, 1.54) is 24.4 Å². The molecule has 0 bridgehead atoms. The van der Waals surface area contributed by atoms with Crippen LogP contribution in [0.3, 0.4) is 0 Å². The lowest BCUT2D eigenvalue weighted by Crippen LogP contribution is -2.41. The molecule has 2 N–H and O–H groups in total. The van der Waals surface area contributed by atoms with Gasteiger partial charge in [0.2, 0.25) is 5.13 Å². The Morgan fingerprint density at radius 2 is 2.62 bits per heavy atom. The highest BCUT2D eigenvalue weighted by Gasteiger charge is 2.18. The zero-order valence-electron chi connectivity index (χ0n) is 7.66. The largest absolute Gasteiger partial charge is 0.357 e. The second kappa shape index (κ2) is 4.02. The van der Waals surface area contributed by atoms with Gasteiger partial charge in [0, 0.05) is 23.6 Å². The molecule has 0 amide bonds. The fraction of sp³-hybridized carbons (Fsp3) is 0.750. The third-order valence-corrected chi connectivity index (χ3v) is 2.91. The number of aromatic nitrogens is 2. The molecule has 1 aromatic rings. The van der Waals surface area contributed by atoms with Crippen LogP contribution in [0.25, 0.3) is 0 Å². The average Bonchev–Trinajstić information content (AvgIpc) is 2.57. The van der Waals surface area contributed by atoms with Crippen molar-refractivity contribution < 1.29 is 0 Å². The van der Waals surface area contributed by atoms with Crippen LogP contribution in [0.5, 0.6) is 0 Å². The van der Waals surface area contributed by atoms with Gasteiger partial charge in [0.25, 0.3) is 0 Å². The Morgan fingerprint density at radius 1 is 1.69 bits per heavy atom. The van der Waals surface area contributed by atoms with Gasteiger partial charge in [-0.1, -0.05) is 0 Å². The van der Waals surface area contributed by atoms with E-state index in [9.17, 15) is 0 Å². The fourth-order valence-corrected chi connectivity index (χ4v) is 2.18. The van der Waals surface area contributed by atoms with E-state index in [-0.39, 0.29) is 0 Å². The summed E-state index contributed by atoms with van der Waals surface area (Å²) in [4.78, 5) is 4.11. The standard InChI is InChI=1S/C8H14N4S/c1-6-4-7(2-3-9-6)12-8-10-5-11-13-8/h5-7,9H,2-4H2,1H3,(H,10,11,12). The van der Waals surface area contributed by atoms with E-state index in [1.54, 1.807) is 6.33 Å². The van der Waals surface area contributed by atoms with Gasteiger partial charge in [0.15, 0.2) is 0 Å². The summed E-state index contributed by atoms with van der Waals surface area (Å²) in [5, 5.41) is 7.76. The minimum absolute atomic E-state index is 0.559. The maximum Gasteiger partial charge on any atom is 0.202 e. The molecule has 1 aliphatic heterocycles. The molecule has 0 spiro atoms. The quantitative estimate of drug-likeness (QED) is 0.747.